The second-order valence-corrected chi connectivity index (χ2v) is 6.75. The average Bonchev–Trinajstić information content (AvgIpc) is 2.50. The van der Waals surface area contributed by atoms with Crippen molar-refractivity contribution >= 4 is 5.91 Å². The van der Waals surface area contributed by atoms with Crippen molar-refractivity contribution in [2.45, 2.75) is 63.6 Å². The second kappa shape index (κ2) is 8.11. The molecule has 1 saturated carbocycles. The van der Waals surface area contributed by atoms with E-state index in [-0.39, 0.29) is 5.91 Å². The Morgan fingerprint density at radius 1 is 1.29 bits per heavy atom. The number of hydrogen-bond donors (Lipinski definition) is 3. The van der Waals surface area contributed by atoms with Crippen LogP contribution in [-0.2, 0) is 9.53 Å². The highest BCUT2D eigenvalue weighted by Gasteiger charge is 2.31. The Hall–Kier alpha value is -0.650. The molecule has 0 radical (unpaired) electrons. The van der Waals surface area contributed by atoms with Gasteiger partial charge in [0.1, 0.15) is 0 Å². The molecule has 1 saturated heterocycles. The highest BCUT2D eigenvalue weighted by atomic mass is 16.5. The molecule has 0 aromatic heterocycles. The molecule has 0 spiro atoms. The van der Waals surface area contributed by atoms with Gasteiger partial charge in [0, 0.05) is 13.0 Å². The van der Waals surface area contributed by atoms with Gasteiger partial charge < -0.3 is 20.5 Å². The van der Waals surface area contributed by atoms with E-state index in [2.05, 4.69) is 17.6 Å². The first-order valence-corrected chi connectivity index (χ1v) is 8.39. The summed E-state index contributed by atoms with van der Waals surface area (Å²) in [6.07, 6.45) is 6.41. The topological polar surface area (TPSA) is 70.6 Å². The molecule has 21 heavy (non-hydrogen) atoms. The molecule has 5 heteroatoms. The minimum Gasteiger partial charge on any atom is -0.388 e. The molecule has 2 rings (SSSR count). The van der Waals surface area contributed by atoms with Gasteiger partial charge in [-0.15, -0.1) is 0 Å². The third-order valence-corrected chi connectivity index (χ3v) is 4.79. The summed E-state index contributed by atoms with van der Waals surface area (Å²) in [5, 5.41) is 16.6. The van der Waals surface area contributed by atoms with E-state index in [1.54, 1.807) is 0 Å². The van der Waals surface area contributed by atoms with E-state index in [4.69, 9.17) is 4.74 Å². The van der Waals surface area contributed by atoms with Gasteiger partial charge in [-0.1, -0.05) is 6.92 Å². The number of carbonyl (C=O) groups is 1. The van der Waals surface area contributed by atoms with Crippen LogP contribution in [0, 0.1) is 5.92 Å². The van der Waals surface area contributed by atoms with Gasteiger partial charge in [0.2, 0.25) is 5.91 Å². The van der Waals surface area contributed by atoms with Crippen molar-refractivity contribution < 1.29 is 14.6 Å². The van der Waals surface area contributed by atoms with Crippen molar-refractivity contribution in [2.24, 2.45) is 5.92 Å². The number of ether oxygens (including phenoxy) is 1. The van der Waals surface area contributed by atoms with Crippen molar-refractivity contribution in [3.8, 4) is 0 Å². The molecule has 1 aliphatic heterocycles. The Morgan fingerprint density at radius 3 is 2.62 bits per heavy atom. The molecule has 5 nitrogen and oxygen atoms in total. The molecule has 0 unspecified atom stereocenters. The lowest BCUT2D eigenvalue weighted by Gasteiger charge is -2.35. The van der Waals surface area contributed by atoms with Crippen LogP contribution < -0.4 is 10.6 Å². The lowest BCUT2D eigenvalue weighted by molar-refractivity contribution is -0.124. The van der Waals surface area contributed by atoms with Gasteiger partial charge in [0.15, 0.2) is 0 Å². The summed E-state index contributed by atoms with van der Waals surface area (Å²) in [5.74, 6) is 0.676. The predicted octanol–water partition coefficient (Wildman–Crippen LogP) is 1.20. The standard InChI is InChI=1S/C16H30N2O3/c1-13-2-7-16(20,8-3-13)12-18-15(19)6-11-21-14-4-9-17-10-5-14/h13-14,17,20H,2-12H2,1H3,(H,18,19). The van der Waals surface area contributed by atoms with Crippen molar-refractivity contribution in [2.75, 3.05) is 26.2 Å². The number of aliphatic hydroxyl groups is 1. The van der Waals surface area contributed by atoms with Crippen LogP contribution in [0.3, 0.4) is 0 Å². The lowest BCUT2D eigenvalue weighted by atomic mass is 9.79. The number of piperidine rings is 1. The van der Waals surface area contributed by atoms with E-state index in [0.717, 1.165) is 51.6 Å². The van der Waals surface area contributed by atoms with Crippen LogP contribution in [0.25, 0.3) is 0 Å². The number of nitrogens with one attached hydrogen (secondary N) is 2. The zero-order valence-corrected chi connectivity index (χ0v) is 13.2. The fraction of sp³-hybridized carbons (Fsp3) is 0.938. The van der Waals surface area contributed by atoms with Crippen LogP contribution in [0.1, 0.15) is 51.9 Å². The van der Waals surface area contributed by atoms with Gasteiger partial charge in [-0.2, -0.15) is 0 Å². The van der Waals surface area contributed by atoms with Crippen molar-refractivity contribution in [1.29, 1.82) is 0 Å². The fourth-order valence-corrected chi connectivity index (χ4v) is 3.11. The minimum atomic E-state index is -0.696. The lowest BCUT2D eigenvalue weighted by Crippen LogP contribution is -2.45. The van der Waals surface area contributed by atoms with E-state index in [1.807, 2.05) is 0 Å². The summed E-state index contributed by atoms with van der Waals surface area (Å²) in [5.41, 5.74) is -0.696. The first-order chi connectivity index (χ1) is 10.1. The summed E-state index contributed by atoms with van der Waals surface area (Å²) in [6.45, 7) is 5.08. The van der Waals surface area contributed by atoms with E-state index in [1.165, 1.54) is 0 Å². The van der Waals surface area contributed by atoms with Crippen molar-refractivity contribution in [3.05, 3.63) is 0 Å². The summed E-state index contributed by atoms with van der Waals surface area (Å²) in [6, 6.07) is 0. The molecule has 1 aliphatic carbocycles. The fourth-order valence-electron chi connectivity index (χ4n) is 3.11. The molecule has 3 N–H and O–H groups in total. The van der Waals surface area contributed by atoms with Crippen molar-refractivity contribution in [3.63, 3.8) is 0 Å². The molecule has 0 atom stereocenters. The quantitative estimate of drug-likeness (QED) is 0.689. The third-order valence-electron chi connectivity index (χ3n) is 4.79. The van der Waals surface area contributed by atoms with Gasteiger partial charge in [-0.05, 0) is 57.5 Å². The van der Waals surface area contributed by atoms with E-state index in [0.29, 0.717) is 31.6 Å². The average molecular weight is 298 g/mol. The molecule has 2 aliphatic rings. The maximum absolute atomic E-state index is 11.8. The third kappa shape index (κ3) is 5.93. The van der Waals surface area contributed by atoms with Gasteiger partial charge in [0.05, 0.1) is 18.3 Å². The van der Waals surface area contributed by atoms with Crippen LogP contribution in [0.15, 0.2) is 0 Å². The van der Waals surface area contributed by atoms with Gasteiger partial charge in [-0.3, -0.25) is 4.79 Å². The summed E-state index contributed by atoms with van der Waals surface area (Å²) in [7, 11) is 0. The van der Waals surface area contributed by atoms with Gasteiger partial charge >= 0.3 is 0 Å². The van der Waals surface area contributed by atoms with Crippen LogP contribution in [-0.4, -0.2) is 49.0 Å². The van der Waals surface area contributed by atoms with Crippen LogP contribution >= 0.6 is 0 Å². The van der Waals surface area contributed by atoms with Gasteiger partial charge in [0.25, 0.3) is 0 Å². The molecule has 1 amide bonds. The van der Waals surface area contributed by atoms with Crippen LogP contribution in [0.2, 0.25) is 0 Å². The summed E-state index contributed by atoms with van der Waals surface area (Å²) in [4.78, 5) is 11.8. The zero-order valence-electron chi connectivity index (χ0n) is 13.2. The van der Waals surface area contributed by atoms with E-state index >= 15 is 0 Å². The molecular weight excluding hydrogens is 268 g/mol. The van der Waals surface area contributed by atoms with Crippen molar-refractivity contribution in [1.82, 2.24) is 10.6 Å². The molecule has 0 aromatic carbocycles. The summed E-state index contributed by atoms with van der Waals surface area (Å²) < 4.78 is 5.72. The molecule has 2 fully saturated rings. The Kier molecular flexibility index (Phi) is 6.45. The number of hydrogen-bond acceptors (Lipinski definition) is 4. The molecule has 1 heterocycles. The first-order valence-electron chi connectivity index (χ1n) is 8.39. The Bertz CT molecular complexity index is 321. The monoisotopic (exact) mass is 298 g/mol. The van der Waals surface area contributed by atoms with E-state index in [9.17, 15) is 9.90 Å². The largest absolute Gasteiger partial charge is 0.388 e. The molecule has 122 valence electrons. The van der Waals surface area contributed by atoms with Crippen LogP contribution in [0.5, 0.6) is 0 Å². The highest BCUT2D eigenvalue weighted by molar-refractivity contribution is 5.76. The number of rotatable bonds is 6. The zero-order chi connectivity index (χ0) is 15.1. The smallest absolute Gasteiger partial charge is 0.222 e. The Balaban J connectivity index is 1.56. The Morgan fingerprint density at radius 2 is 1.95 bits per heavy atom. The number of carbonyl (C=O) groups excluding carboxylic acids is 1. The molecule has 0 aromatic rings. The Labute approximate surface area is 127 Å². The second-order valence-electron chi connectivity index (χ2n) is 6.75. The molecule has 0 bridgehead atoms. The highest BCUT2D eigenvalue weighted by Crippen LogP contribution is 2.31. The maximum Gasteiger partial charge on any atom is 0.222 e. The van der Waals surface area contributed by atoms with Crippen LogP contribution in [0.4, 0.5) is 0 Å². The van der Waals surface area contributed by atoms with Gasteiger partial charge in [-0.25, -0.2) is 0 Å². The minimum absolute atomic E-state index is 0.0176. The maximum atomic E-state index is 11.8. The SMILES string of the molecule is CC1CCC(O)(CNC(=O)CCOC2CCNCC2)CC1. The summed E-state index contributed by atoms with van der Waals surface area (Å²) >= 11 is 0. The van der Waals surface area contributed by atoms with E-state index < -0.39 is 5.60 Å². The number of amides is 1. The predicted molar refractivity (Wildman–Crippen MR) is 82.1 cm³/mol. The first kappa shape index (κ1) is 16.7. The normalized spacial score (nSPS) is 31.0. The molecular formula is C16H30N2O3.